The summed E-state index contributed by atoms with van der Waals surface area (Å²) in [6.07, 6.45) is -3.40. The lowest BCUT2D eigenvalue weighted by atomic mass is 10.4. The van der Waals surface area contributed by atoms with Crippen molar-refractivity contribution < 1.29 is 13.2 Å². The van der Waals surface area contributed by atoms with Crippen molar-refractivity contribution in [2.75, 3.05) is 0 Å². The van der Waals surface area contributed by atoms with Gasteiger partial charge in [-0.2, -0.15) is 13.2 Å². The lowest BCUT2D eigenvalue weighted by Crippen LogP contribution is -2.25. The fourth-order valence-corrected chi connectivity index (χ4v) is 2.93. The zero-order chi connectivity index (χ0) is 7.12. The number of halogens is 4. The van der Waals surface area contributed by atoms with Crippen LogP contribution >= 0.6 is 30.1 Å². The second-order valence-electron chi connectivity index (χ2n) is 2.07. The molecule has 9 heavy (non-hydrogen) atoms. The number of alkyl halides is 3. The Balaban J connectivity index is 2.60. The summed E-state index contributed by atoms with van der Waals surface area (Å²) in [6.45, 7) is 0. The summed E-state index contributed by atoms with van der Waals surface area (Å²) in [4.78, 5) is 0. The minimum absolute atomic E-state index is 0.296. The van der Waals surface area contributed by atoms with Gasteiger partial charge in [-0.1, -0.05) is 8.93 Å². The molecule has 0 N–H and O–H groups in total. The van der Waals surface area contributed by atoms with Gasteiger partial charge >= 0.3 is 6.18 Å². The van der Waals surface area contributed by atoms with Gasteiger partial charge < -0.3 is 0 Å². The van der Waals surface area contributed by atoms with Crippen molar-refractivity contribution in [2.24, 2.45) is 0 Å². The maximum atomic E-state index is 11.9. The molecular formula is C4H4F3IS. The van der Waals surface area contributed by atoms with Crippen LogP contribution in [0.3, 0.4) is 0 Å². The van der Waals surface area contributed by atoms with Crippen LogP contribution in [0, 0.1) is 0 Å². The van der Waals surface area contributed by atoms with Crippen LogP contribution in [0.4, 0.5) is 13.2 Å². The van der Waals surface area contributed by atoms with Crippen molar-refractivity contribution in [3.05, 3.63) is 0 Å². The first-order valence-electron chi connectivity index (χ1n) is 2.38. The molecule has 0 aromatic heterocycles. The molecule has 1 rings (SSSR count). The predicted octanol–water partition coefficient (Wildman–Crippen LogP) is 3.16. The second kappa shape index (κ2) is 2.18. The highest BCUT2D eigenvalue weighted by molar-refractivity contribution is 14.2. The molecule has 0 saturated heterocycles. The molecule has 0 amide bonds. The first-order chi connectivity index (χ1) is 4.02. The molecule has 0 heterocycles. The molecule has 0 aromatic carbocycles. The summed E-state index contributed by atoms with van der Waals surface area (Å²) in [5.41, 5.74) is 0. The highest BCUT2D eigenvalue weighted by Crippen LogP contribution is 2.60. The summed E-state index contributed by atoms with van der Waals surface area (Å²) in [7, 11) is 0.890. The van der Waals surface area contributed by atoms with Crippen molar-refractivity contribution in [1.29, 1.82) is 0 Å². The molecule has 0 radical (unpaired) electrons. The maximum Gasteiger partial charge on any atom is 0.404 e. The fourth-order valence-electron chi connectivity index (χ4n) is 0.518. The molecule has 1 aliphatic carbocycles. The summed E-state index contributed by atoms with van der Waals surface area (Å²) >= 11 is 1.71. The largest absolute Gasteiger partial charge is 0.404 e. The normalized spacial score (nSPS) is 24.0. The van der Waals surface area contributed by atoms with Gasteiger partial charge in [0.25, 0.3) is 0 Å². The Labute approximate surface area is 67.2 Å². The Morgan fingerprint density at radius 2 is 1.78 bits per heavy atom. The lowest BCUT2D eigenvalue weighted by molar-refractivity contribution is -0.135. The van der Waals surface area contributed by atoms with Gasteiger partial charge in [-0.15, -0.1) is 0 Å². The van der Waals surface area contributed by atoms with Gasteiger partial charge in [0.2, 0.25) is 0 Å². The molecule has 0 atom stereocenters. The van der Waals surface area contributed by atoms with Gasteiger partial charge in [0.05, 0.1) is 0 Å². The Hall–Kier alpha value is 0.870. The van der Waals surface area contributed by atoms with E-state index in [2.05, 4.69) is 0 Å². The van der Waals surface area contributed by atoms with Gasteiger partial charge in [0.1, 0.15) is 4.75 Å². The van der Waals surface area contributed by atoms with E-state index in [0.717, 1.165) is 8.93 Å². The zero-order valence-electron chi connectivity index (χ0n) is 4.33. The summed E-state index contributed by atoms with van der Waals surface area (Å²) in [6, 6.07) is 0. The average Bonchev–Trinajstić information content (AvgIpc) is 2.40. The smallest absolute Gasteiger partial charge is 0.169 e. The molecule has 0 aromatic rings. The molecule has 1 saturated carbocycles. The van der Waals surface area contributed by atoms with E-state index in [-0.39, 0.29) is 0 Å². The highest BCUT2D eigenvalue weighted by Gasteiger charge is 2.63. The quantitative estimate of drug-likeness (QED) is 0.658. The summed E-state index contributed by atoms with van der Waals surface area (Å²) in [5.74, 6) is 0. The van der Waals surface area contributed by atoms with E-state index in [0.29, 0.717) is 12.8 Å². The maximum absolute atomic E-state index is 11.9. The standard InChI is InChI=1S/C4H4F3IS/c5-4(6,7)3(9-8)1-2-3/h1-2H2. The van der Waals surface area contributed by atoms with Gasteiger partial charge in [-0.25, -0.2) is 0 Å². The number of hydrogen-bond acceptors (Lipinski definition) is 1. The van der Waals surface area contributed by atoms with Crippen molar-refractivity contribution in [3.8, 4) is 0 Å². The summed E-state index contributed by atoms with van der Waals surface area (Å²) < 4.78 is 34.2. The zero-order valence-corrected chi connectivity index (χ0v) is 7.31. The van der Waals surface area contributed by atoms with E-state index in [4.69, 9.17) is 0 Å². The third-order valence-corrected chi connectivity index (χ3v) is 4.83. The van der Waals surface area contributed by atoms with E-state index >= 15 is 0 Å². The SMILES string of the molecule is FC(F)(F)C1(SI)CC1. The van der Waals surface area contributed by atoms with Gasteiger partial charge in [0.15, 0.2) is 0 Å². The number of hydrogen-bond donors (Lipinski definition) is 0. The van der Waals surface area contributed by atoms with Gasteiger partial charge in [-0.05, 0) is 34.0 Å². The molecule has 0 spiro atoms. The molecule has 54 valence electrons. The minimum Gasteiger partial charge on any atom is -0.169 e. The first-order valence-corrected chi connectivity index (χ1v) is 5.74. The van der Waals surface area contributed by atoms with Gasteiger partial charge in [-0.3, -0.25) is 0 Å². The average molecular weight is 268 g/mol. The predicted molar refractivity (Wildman–Crippen MR) is 39.6 cm³/mol. The minimum atomic E-state index is -3.99. The summed E-state index contributed by atoms with van der Waals surface area (Å²) in [5, 5.41) is 0. The van der Waals surface area contributed by atoms with E-state index in [1.54, 1.807) is 21.2 Å². The lowest BCUT2D eigenvalue weighted by Gasteiger charge is -2.13. The van der Waals surface area contributed by atoms with Crippen LogP contribution in [0.5, 0.6) is 0 Å². The van der Waals surface area contributed by atoms with E-state index < -0.39 is 10.9 Å². The Morgan fingerprint density at radius 3 is 1.78 bits per heavy atom. The Kier molecular flexibility index (Phi) is 1.93. The third kappa shape index (κ3) is 1.31. The topological polar surface area (TPSA) is 0 Å². The van der Waals surface area contributed by atoms with Crippen LogP contribution in [0.1, 0.15) is 12.8 Å². The molecule has 1 fully saturated rings. The molecule has 1 aliphatic rings. The van der Waals surface area contributed by atoms with Crippen LogP contribution in [-0.2, 0) is 0 Å². The van der Waals surface area contributed by atoms with Gasteiger partial charge in [0, 0.05) is 0 Å². The monoisotopic (exact) mass is 268 g/mol. The van der Waals surface area contributed by atoms with E-state index in [1.165, 1.54) is 0 Å². The Bertz CT molecular complexity index is 117. The second-order valence-corrected chi connectivity index (χ2v) is 4.33. The van der Waals surface area contributed by atoms with Crippen molar-refractivity contribution in [1.82, 2.24) is 0 Å². The van der Waals surface area contributed by atoms with Crippen LogP contribution in [0.2, 0.25) is 0 Å². The third-order valence-electron chi connectivity index (χ3n) is 1.37. The van der Waals surface area contributed by atoms with Crippen molar-refractivity contribution in [3.63, 3.8) is 0 Å². The van der Waals surface area contributed by atoms with Crippen LogP contribution in [0.25, 0.3) is 0 Å². The molecule has 0 nitrogen and oxygen atoms in total. The van der Waals surface area contributed by atoms with Crippen LogP contribution < -0.4 is 0 Å². The molecule has 0 bridgehead atoms. The molecule has 0 unspecified atom stereocenters. The van der Waals surface area contributed by atoms with Crippen molar-refractivity contribution in [2.45, 2.75) is 23.8 Å². The van der Waals surface area contributed by atoms with E-state index in [1.807, 2.05) is 0 Å². The van der Waals surface area contributed by atoms with Crippen LogP contribution in [0.15, 0.2) is 0 Å². The fraction of sp³-hybridized carbons (Fsp3) is 1.00. The number of rotatable bonds is 1. The molecular weight excluding hydrogens is 264 g/mol. The molecule has 0 aliphatic heterocycles. The van der Waals surface area contributed by atoms with E-state index in [9.17, 15) is 13.2 Å². The van der Waals surface area contributed by atoms with Crippen LogP contribution in [-0.4, -0.2) is 10.9 Å². The first kappa shape index (κ1) is 7.97. The van der Waals surface area contributed by atoms with Crippen molar-refractivity contribution >= 4 is 30.1 Å². The molecule has 5 heteroatoms. The highest BCUT2D eigenvalue weighted by atomic mass is 127. The Morgan fingerprint density at radius 1 is 1.33 bits per heavy atom.